The highest BCUT2D eigenvalue weighted by molar-refractivity contribution is 7.98. The maximum absolute atomic E-state index is 11.3. The molecule has 0 saturated carbocycles. The zero-order valence-electron chi connectivity index (χ0n) is 8.58. The van der Waals surface area contributed by atoms with Gasteiger partial charge in [-0.25, -0.2) is 4.68 Å². The van der Waals surface area contributed by atoms with Gasteiger partial charge in [0.15, 0.2) is 0 Å². The van der Waals surface area contributed by atoms with Crippen molar-refractivity contribution in [3.63, 3.8) is 0 Å². The maximum Gasteiger partial charge on any atom is 0.328 e. The van der Waals surface area contributed by atoms with Crippen LogP contribution in [0, 0.1) is 0 Å². The number of nitrogens with zero attached hydrogens (tertiary/aromatic N) is 4. The standard InChI is InChI=1S/C8H12N4O2S/c1-3-4-5-14-7(13)6-12-8(15-2)9-10-11-12/h3-4H,5-6H2,1-2H3/b4-3-. The van der Waals surface area contributed by atoms with Gasteiger partial charge in [0, 0.05) is 0 Å². The number of hydrogen-bond donors (Lipinski definition) is 0. The van der Waals surface area contributed by atoms with Crippen molar-refractivity contribution >= 4 is 17.7 Å². The Morgan fingerprint density at radius 2 is 2.47 bits per heavy atom. The number of rotatable bonds is 5. The van der Waals surface area contributed by atoms with Gasteiger partial charge in [-0.05, 0) is 23.6 Å². The fourth-order valence-corrected chi connectivity index (χ4v) is 1.28. The van der Waals surface area contributed by atoms with Crippen LogP contribution in [-0.4, -0.2) is 39.0 Å². The summed E-state index contributed by atoms with van der Waals surface area (Å²) in [7, 11) is 0. The van der Waals surface area contributed by atoms with Gasteiger partial charge in [-0.3, -0.25) is 4.79 Å². The Balaban J connectivity index is 2.44. The minimum Gasteiger partial charge on any atom is -0.460 e. The van der Waals surface area contributed by atoms with Gasteiger partial charge >= 0.3 is 5.97 Å². The number of allylic oxidation sites excluding steroid dienone is 1. The van der Waals surface area contributed by atoms with E-state index in [0.717, 1.165) is 0 Å². The highest BCUT2D eigenvalue weighted by Crippen LogP contribution is 2.07. The maximum atomic E-state index is 11.3. The highest BCUT2D eigenvalue weighted by atomic mass is 32.2. The molecule has 82 valence electrons. The van der Waals surface area contributed by atoms with Crippen molar-refractivity contribution in [2.24, 2.45) is 0 Å². The van der Waals surface area contributed by atoms with Gasteiger partial charge in [0.05, 0.1) is 0 Å². The molecule has 0 bridgehead atoms. The van der Waals surface area contributed by atoms with Crippen LogP contribution in [0.3, 0.4) is 0 Å². The monoisotopic (exact) mass is 228 g/mol. The number of thioether (sulfide) groups is 1. The number of carbonyl (C=O) groups excluding carboxylic acids is 1. The topological polar surface area (TPSA) is 69.9 Å². The van der Waals surface area contributed by atoms with Crippen LogP contribution in [0.5, 0.6) is 0 Å². The van der Waals surface area contributed by atoms with Gasteiger partial charge in [0.1, 0.15) is 13.2 Å². The van der Waals surface area contributed by atoms with Crippen LogP contribution >= 0.6 is 11.8 Å². The molecule has 1 rings (SSSR count). The summed E-state index contributed by atoms with van der Waals surface area (Å²) in [6.45, 7) is 2.19. The molecule has 0 spiro atoms. The van der Waals surface area contributed by atoms with Gasteiger partial charge in [-0.2, -0.15) is 0 Å². The molecule has 0 unspecified atom stereocenters. The van der Waals surface area contributed by atoms with Crippen molar-refractivity contribution in [1.29, 1.82) is 0 Å². The van der Waals surface area contributed by atoms with Gasteiger partial charge in [0.25, 0.3) is 0 Å². The number of ether oxygens (including phenoxy) is 1. The summed E-state index contributed by atoms with van der Waals surface area (Å²) < 4.78 is 6.31. The molecule has 0 N–H and O–H groups in total. The first-order valence-electron chi connectivity index (χ1n) is 4.35. The number of esters is 1. The number of hydrogen-bond acceptors (Lipinski definition) is 6. The Kier molecular flexibility index (Phi) is 4.82. The molecule has 1 aromatic heterocycles. The van der Waals surface area contributed by atoms with E-state index in [-0.39, 0.29) is 19.1 Å². The summed E-state index contributed by atoms with van der Waals surface area (Å²) >= 11 is 1.38. The van der Waals surface area contributed by atoms with Crippen LogP contribution in [0.4, 0.5) is 0 Å². The third kappa shape index (κ3) is 3.70. The molecule has 1 aromatic rings. The van der Waals surface area contributed by atoms with E-state index in [1.54, 1.807) is 6.08 Å². The number of carbonyl (C=O) groups is 1. The average Bonchev–Trinajstić information content (AvgIpc) is 2.65. The molecule has 15 heavy (non-hydrogen) atoms. The smallest absolute Gasteiger partial charge is 0.328 e. The highest BCUT2D eigenvalue weighted by Gasteiger charge is 2.09. The SMILES string of the molecule is C/C=C\COC(=O)Cn1nnnc1SC. The Hall–Kier alpha value is -1.37. The summed E-state index contributed by atoms with van der Waals surface area (Å²) in [5.74, 6) is -0.351. The largest absolute Gasteiger partial charge is 0.460 e. The molecule has 0 atom stereocenters. The second-order valence-electron chi connectivity index (χ2n) is 2.58. The van der Waals surface area contributed by atoms with Crippen LogP contribution in [0.1, 0.15) is 6.92 Å². The summed E-state index contributed by atoms with van der Waals surface area (Å²) in [5.41, 5.74) is 0. The van der Waals surface area contributed by atoms with Crippen molar-refractivity contribution in [3.8, 4) is 0 Å². The van der Waals surface area contributed by atoms with Crippen LogP contribution < -0.4 is 0 Å². The summed E-state index contributed by atoms with van der Waals surface area (Å²) in [6, 6.07) is 0. The van der Waals surface area contributed by atoms with E-state index in [4.69, 9.17) is 4.74 Å². The Morgan fingerprint density at radius 1 is 1.67 bits per heavy atom. The van der Waals surface area contributed by atoms with Crippen molar-refractivity contribution in [1.82, 2.24) is 20.2 Å². The van der Waals surface area contributed by atoms with E-state index < -0.39 is 0 Å². The third-order valence-corrected chi connectivity index (χ3v) is 2.19. The fraction of sp³-hybridized carbons (Fsp3) is 0.500. The van der Waals surface area contributed by atoms with Crippen molar-refractivity contribution in [3.05, 3.63) is 12.2 Å². The van der Waals surface area contributed by atoms with Gasteiger partial charge < -0.3 is 4.74 Å². The van der Waals surface area contributed by atoms with E-state index in [2.05, 4.69) is 15.5 Å². The zero-order chi connectivity index (χ0) is 11.1. The van der Waals surface area contributed by atoms with Crippen molar-refractivity contribution in [2.75, 3.05) is 12.9 Å². The molecular formula is C8H12N4O2S. The molecule has 1 heterocycles. The van der Waals surface area contributed by atoms with Gasteiger partial charge in [-0.15, -0.1) is 5.10 Å². The van der Waals surface area contributed by atoms with E-state index in [0.29, 0.717) is 5.16 Å². The van der Waals surface area contributed by atoms with Crippen LogP contribution in [0.25, 0.3) is 0 Å². The minimum absolute atomic E-state index is 0.0424. The second kappa shape index (κ2) is 6.18. The lowest BCUT2D eigenvalue weighted by Crippen LogP contribution is -2.15. The predicted molar refractivity (Wildman–Crippen MR) is 55.4 cm³/mol. The minimum atomic E-state index is -0.351. The van der Waals surface area contributed by atoms with E-state index in [1.807, 2.05) is 19.3 Å². The quantitative estimate of drug-likeness (QED) is 0.415. The van der Waals surface area contributed by atoms with Crippen LogP contribution in [0.15, 0.2) is 17.3 Å². The van der Waals surface area contributed by atoms with Gasteiger partial charge in [-0.1, -0.05) is 23.9 Å². The molecule has 0 saturated heterocycles. The molecule has 0 aromatic carbocycles. The summed E-state index contributed by atoms with van der Waals surface area (Å²) in [5, 5.41) is 11.5. The molecule has 0 radical (unpaired) electrons. The second-order valence-corrected chi connectivity index (χ2v) is 3.35. The third-order valence-electron chi connectivity index (χ3n) is 1.54. The first-order chi connectivity index (χ1) is 7.27. The van der Waals surface area contributed by atoms with Gasteiger partial charge in [0.2, 0.25) is 5.16 Å². The molecule has 0 fully saturated rings. The van der Waals surface area contributed by atoms with E-state index in [1.165, 1.54) is 16.4 Å². The van der Waals surface area contributed by atoms with Crippen molar-refractivity contribution in [2.45, 2.75) is 18.6 Å². The molecule has 0 aliphatic heterocycles. The Morgan fingerprint density at radius 3 is 3.13 bits per heavy atom. The summed E-state index contributed by atoms with van der Waals surface area (Å²) in [6.07, 6.45) is 5.41. The number of aromatic nitrogens is 4. The number of tetrazole rings is 1. The lowest BCUT2D eigenvalue weighted by molar-refractivity contribution is -0.143. The molecular weight excluding hydrogens is 216 g/mol. The Labute approximate surface area is 91.7 Å². The van der Waals surface area contributed by atoms with Crippen LogP contribution in [0.2, 0.25) is 0 Å². The molecule has 6 nitrogen and oxygen atoms in total. The Bertz CT molecular complexity index is 350. The summed E-state index contributed by atoms with van der Waals surface area (Å²) in [4.78, 5) is 11.3. The molecule has 7 heteroatoms. The fourth-order valence-electron chi connectivity index (χ4n) is 0.847. The zero-order valence-corrected chi connectivity index (χ0v) is 9.40. The first kappa shape index (κ1) is 11.7. The van der Waals surface area contributed by atoms with Crippen LogP contribution in [-0.2, 0) is 16.1 Å². The average molecular weight is 228 g/mol. The van der Waals surface area contributed by atoms with E-state index in [9.17, 15) is 4.79 Å². The van der Waals surface area contributed by atoms with Crippen molar-refractivity contribution < 1.29 is 9.53 Å². The predicted octanol–water partition coefficient (Wildman–Crippen LogP) is 0.514. The lowest BCUT2D eigenvalue weighted by atomic mass is 10.5. The van der Waals surface area contributed by atoms with E-state index >= 15 is 0 Å². The molecule has 0 aliphatic rings. The normalized spacial score (nSPS) is 10.8. The first-order valence-corrected chi connectivity index (χ1v) is 5.57. The molecule has 0 amide bonds. The molecule has 0 aliphatic carbocycles. The lowest BCUT2D eigenvalue weighted by Gasteiger charge is -2.02.